The molecule has 8 rings (SSSR count). The van der Waals surface area contributed by atoms with Crippen molar-refractivity contribution in [2.45, 2.75) is 0 Å². The van der Waals surface area contributed by atoms with Crippen LogP contribution in [0.5, 0.6) is 0 Å². The van der Waals surface area contributed by atoms with Crippen LogP contribution in [0.15, 0.2) is 152 Å². The Hall–Kier alpha value is -5.98. The van der Waals surface area contributed by atoms with E-state index in [0.29, 0.717) is 5.56 Å². The number of benzene rings is 6. The number of rotatable bonds is 4. The van der Waals surface area contributed by atoms with E-state index in [1.807, 2.05) is 30.3 Å². The summed E-state index contributed by atoms with van der Waals surface area (Å²) in [6.07, 6.45) is 0. The molecule has 0 saturated heterocycles. The molecule has 0 amide bonds. The highest BCUT2D eigenvalue weighted by atomic mass is 15.0. The molecule has 43 heavy (non-hydrogen) atoms. The van der Waals surface area contributed by atoms with Crippen LogP contribution in [-0.2, 0) is 0 Å². The van der Waals surface area contributed by atoms with Gasteiger partial charge in [0, 0.05) is 27.4 Å². The van der Waals surface area contributed by atoms with Gasteiger partial charge in [-0.2, -0.15) is 5.26 Å². The zero-order valence-electron chi connectivity index (χ0n) is 23.3. The minimum atomic E-state index is 0.642. The van der Waals surface area contributed by atoms with Crippen molar-refractivity contribution in [3.63, 3.8) is 0 Å². The Morgan fingerprint density at radius 3 is 1.63 bits per heavy atom. The highest BCUT2D eigenvalue weighted by Crippen LogP contribution is 2.35. The maximum atomic E-state index is 9.20. The second kappa shape index (κ2) is 10.1. The molecule has 0 aliphatic carbocycles. The van der Waals surface area contributed by atoms with Gasteiger partial charge < -0.3 is 4.57 Å². The summed E-state index contributed by atoms with van der Waals surface area (Å²) < 4.78 is 2.34. The molecule has 2 aromatic heterocycles. The number of nitrogens with zero attached hydrogens (tertiary/aromatic N) is 3. The van der Waals surface area contributed by atoms with Crippen LogP contribution < -0.4 is 0 Å². The predicted molar refractivity (Wildman–Crippen MR) is 177 cm³/mol. The highest BCUT2D eigenvalue weighted by Gasteiger charge is 2.13. The Kier molecular flexibility index (Phi) is 5.84. The van der Waals surface area contributed by atoms with Gasteiger partial charge in [-0.1, -0.05) is 103 Å². The topological polar surface area (TPSA) is 41.6 Å². The molecule has 0 radical (unpaired) electrons. The molecule has 2 heterocycles. The van der Waals surface area contributed by atoms with Gasteiger partial charge >= 0.3 is 0 Å². The Morgan fingerprint density at radius 1 is 0.488 bits per heavy atom. The summed E-state index contributed by atoms with van der Waals surface area (Å²) >= 11 is 0. The minimum absolute atomic E-state index is 0.642. The maximum absolute atomic E-state index is 9.20. The fourth-order valence-corrected chi connectivity index (χ4v) is 6.12. The standard InChI is InChI=1S/C40H25N3/c41-26-27-13-15-31(16-14-27)38-25-36(33-7-1-4-10-37(33)42-38)30-19-17-28(18-20-30)29-21-23-32(24-22-29)43-39-11-5-2-8-34(39)35-9-3-6-12-40(35)43/h1-25H. The summed E-state index contributed by atoms with van der Waals surface area (Å²) in [6.45, 7) is 0. The van der Waals surface area contributed by atoms with E-state index in [4.69, 9.17) is 4.98 Å². The van der Waals surface area contributed by atoms with Crippen molar-refractivity contribution < 1.29 is 0 Å². The Bertz CT molecular complexity index is 2270. The van der Waals surface area contributed by atoms with E-state index in [1.54, 1.807) is 0 Å². The number of fused-ring (bicyclic) bond motifs is 4. The maximum Gasteiger partial charge on any atom is 0.0991 e. The third-order valence-electron chi connectivity index (χ3n) is 8.26. The smallest absolute Gasteiger partial charge is 0.0991 e. The largest absolute Gasteiger partial charge is 0.309 e. The van der Waals surface area contributed by atoms with E-state index in [9.17, 15) is 5.26 Å². The lowest BCUT2D eigenvalue weighted by Crippen LogP contribution is -1.93. The van der Waals surface area contributed by atoms with Crippen molar-refractivity contribution >= 4 is 32.7 Å². The molecule has 0 bridgehead atoms. The summed E-state index contributed by atoms with van der Waals surface area (Å²) in [4.78, 5) is 4.93. The second-order valence-corrected chi connectivity index (χ2v) is 10.8. The van der Waals surface area contributed by atoms with Crippen LogP contribution in [0.2, 0.25) is 0 Å². The molecule has 0 N–H and O–H groups in total. The molecule has 0 atom stereocenters. The summed E-state index contributed by atoms with van der Waals surface area (Å²) in [6, 6.07) is 55.0. The number of para-hydroxylation sites is 3. The minimum Gasteiger partial charge on any atom is -0.309 e. The summed E-state index contributed by atoms with van der Waals surface area (Å²) in [5, 5.41) is 12.9. The first-order valence-electron chi connectivity index (χ1n) is 14.4. The van der Waals surface area contributed by atoms with Gasteiger partial charge in [-0.15, -0.1) is 0 Å². The van der Waals surface area contributed by atoms with Gasteiger partial charge in [0.1, 0.15) is 0 Å². The molecule has 3 nitrogen and oxygen atoms in total. The molecule has 0 saturated carbocycles. The van der Waals surface area contributed by atoms with Crippen molar-refractivity contribution in [1.29, 1.82) is 5.26 Å². The van der Waals surface area contributed by atoms with E-state index >= 15 is 0 Å². The fourth-order valence-electron chi connectivity index (χ4n) is 6.12. The van der Waals surface area contributed by atoms with Gasteiger partial charge in [-0.05, 0) is 70.8 Å². The van der Waals surface area contributed by atoms with Crippen LogP contribution in [-0.4, -0.2) is 9.55 Å². The monoisotopic (exact) mass is 547 g/mol. The number of nitriles is 1. The van der Waals surface area contributed by atoms with E-state index in [-0.39, 0.29) is 0 Å². The molecule has 200 valence electrons. The zero-order chi connectivity index (χ0) is 28.8. The highest BCUT2D eigenvalue weighted by molar-refractivity contribution is 6.09. The Morgan fingerprint density at radius 2 is 1.00 bits per heavy atom. The van der Waals surface area contributed by atoms with E-state index in [2.05, 4.69) is 132 Å². The van der Waals surface area contributed by atoms with Crippen LogP contribution in [0.25, 0.3) is 71.9 Å². The van der Waals surface area contributed by atoms with Crippen molar-refractivity contribution in [3.05, 3.63) is 157 Å². The van der Waals surface area contributed by atoms with Crippen LogP contribution in [0.3, 0.4) is 0 Å². The van der Waals surface area contributed by atoms with E-state index in [1.165, 1.54) is 32.9 Å². The van der Waals surface area contributed by atoms with Gasteiger partial charge in [0.05, 0.1) is 33.9 Å². The van der Waals surface area contributed by atoms with Gasteiger partial charge in [0.2, 0.25) is 0 Å². The van der Waals surface area contributed by atoms with Gasteiger partial charge in [-0.25, -0.2) is 4.98 Å². The first kappa shape index (κ1) is 24.8. The molecule has 8 aromatic rings. The molecule has 0 fully saturated rings. The van der Waals surface area contributed by atoms with Crippen molar-refractivity contribution in [3.8, 4) is 45.3 Å². The van der Waals surface area contributed by atoms with Crippen molar-refractivity contribution in [2.75, 3.05) is 0 Å². The Labute approximate surface area is 249 Å². The normalized spacial score (nSPS) is 11.2. The number of aromatic nitrogens is 2. The molecular weight excluding hydrogens is 522 g/mol. The van der Waals surface area contributed by atoms with E-state index < -0.39 is 0 Å². The zero-order valence-corrected chi connectivity index (χ0v) is 23.3. The molecule has 3 heteroatoms. The fraction of sp³-hybridized carbons (Fsp3) is 0. The first-order valence-corrected chi connectivity index (χ1v) is 14.4. The van der Waals surface area contributed by atoms with Crippen LogP contribution in [0, 0.1) is 11.3 Å². The lowest BCUT2D eigenvalue weighted by Gasteiger charge is -2.12. The van der Waals surface area contributed by atoms with Gasteiger partial charge in [0.15, 0.2) is 0 Å². The van der Waals surface area contributed by atoms with Gasteiger partial charge in [0.25, 0.3) is 0 Å². The second-order valence-electron chi connectivity index (χ2n) is 10.8. The average Bonchev–Trinajstić information content (AvgIpc) is 3.42. The summed E-state index contributed by atoms with van der Waals surface area (Å²) in [7, 11) is 0. The molecule has 0 aliphatic heterocycles. The summed E-state index contributed by atoms with van der Waals surface area (Å²) in [5.74, 6) is 0. The Balaban J connectivity index is 1.16. The molecule has 6 aromatic carbocycles. The SMILES string of the molecule is N#Cc1ccc(-c2cc(-c3ccc(-c4ccc(-n5c6ccccc6c6ccccc65)cc4)cc3)c3ccccc3n2)cc1. The van der Waals surface area contributed by atoms with Gasteiger partial charge in [-0.3, -0.25) is 0 Å². The van der Waals surface area contributed by atoms with Crippen LogP contribution in [0.1, 0.15) is 5.56 Å². The average molecular weight is 548 g/mol. The molecule has 0 spiro atoms. The molecular formula is C40H25N3. The lowest BCUT2D eigenvalue weighted by molar-refractivity contribution is 1.18. The van der Waals surface area contributed by atoms with E-state index in [0.717, 1.165) is 39.0 Å². The molecule has 0 aliphatic rings. The predicted octanol–water partition coefficient (Wildman–Crippen LogP) is 10.2. The third-order valence-corrected chi connectivity index (χ3v) is 8.26. The quantitative estimate of drug-likeness (QED) is 0.220. The molecule has 0 unspecified atom stereocenters. The number of hydrogen-bond donors (Lipinski definition) is 0. The van der Waals surface area contributed by atoms with Crippen molar-refractivity contribution in [1.82, 2.24) is 9.55 Å². The summed E-state index contributed by atoms with van der Waals surface area (Å²) in [5.41, 5.74) is 11.7. The number of pyridine rings is 1. The first-order chi connectivity index (χ1) is 21.3. The lowest BCUT2D eigenvalue weighted by atomic mass is 9.96. The third kappa shape index (κ3) is 4.25. The van der Waals surface area contributed by atoms with Crippen LogP contribution in [0.4, 0.5) is 0 Å². The number of hydrogen-bond acceptors (Lipinski definition) is 2. The van der Waals surface area contributed by atoms with Crippen molar-refractivity contribution in [2.24, 2.45) is 0 Å². The van der Waals surface area contributed by atoms with Crippen LogP contribution >= 0.6 is 0 Å².